The lowest BCUT2D eigenvalue weighted by atomic mass is 10.1. The Morgan fingerprint density at radius 2 is 2.20 bits per heavy atom. The number of aryl methyl sites for hydroxylation is 1. The molecule has 2 aromatic rings. The van der Waals surface area contributed by atoms with Crippen LogP contribution in [0.15, 0.2) is 30.7 Å². The largest absolute Gasteiger partial charge is 0.289 e. The lowest BCUT2D eigenvalue weighted by Crippen LogP contribution is -2.24. The predicted molar refractivity (Wildman–Crippen MR) is 73.3 cm³/mol. The maximum atomic E-state index is 12.9. The molecule has 4 nitrogen and oxygen atoms in total. The normalized spacial score (nSPS) is 19.4. The van der Waals surface area contributed by atoms with Gasteiger partial charge in [-0.05, 0) is 38.4 Å². The van der Waals surface area contributed by atoms with Crippen molar-refractivity contribution < 1.29 is 4.39 Å². The van der Waals surface area contributed by atoms with Gasteiger partial charge in [0, 0.05) is 18.9 Å². The summed E-state index contributed by atoms with van der Waals surface area (Å²) in [5.41, 5.74) is 2.85. The maximum Gasteiger partial charge on any atom is 0.141 e. The standard InChI is InChI=1S/C15H17FN4/c1-11-7-17-9-14(19-11)15-3-2-6-20(15)10-13-5-4-12(16)8-18-13/h4-5,7-9,15H,2-3,6,10H2,1H3/t15-/m0/s1. The van der Waals surface area contributed by atoms with Crippen molar-refractivity contribution in [1.82, 2.24) is 19.9 Å². The van der Waals surface area contributed by atoms with Crippen molar-refractivity contribution in [3.05, 3.63) is 53.6 Å². The lowest BCUT2D eigenvalue weighted by molar-refractivity contribution is 0.240. The molecule has 104 valence electrons. The third kappa shape index (κ3) is 2.82. The van der Waals surface area contributed by atoms with Crippen molar-refractivity contribution in [2.24, 2.45) is 0 Å². The molecule has 0 radical (unpaired) electrons. The van der Waals surface area contributed by atoms with Crippen LogP contribution in [0.25, 0.3) is 0 Å². The van der Waals surface area contributed by atoms with Gasteiger partial charge in [0.05, 0.1) is 29.3 Å². The smallest absolute Gasteiger partial charge is 0.141 e. The highest BCUT2D eigenvalue weighted by atomic mass is 19.1. The van der Waals surface area contributed by atoms with Crippen molar-refractivity contribution in [3.8, 4) is 0 Å². The number of pyridine rings is 1. The van der Waals surface area contributed by atoms with Crippen molar-refractivity contribution in [1.29, 1.82) is 0 Å². The molecular weight excluding hydrogens is 255 g/mol. The molecular formula is C15H17FN4. The highest BCUT2D eigenvalue weighted by Crippen LogP contribution is 2.31. The van der Waals surface area contributed by atoms with Gasteiger partial charge in [0.25, 0.3) is 0 Å². The monoisotopic (exact) mass is 272 g/mol. The van der Waals surface area contributed by atoms with Crippen LogP contribution in [0.4, 0.5) is 4.39 Å². The van der Waals surface area contributed by atoms with Gasteiger partial charge in [0.15, 0.2) is 0 Å². The second-order valence-corrected chi connectivity index (χ2v) is 5.18. The Bertz CT molecular complexity index is 585. The van der Waals surface area contributed by atoms with E-state index in [-0.39, 0.29) is 11.9 Å². The van der Waals surface area contributed by atoms with Crippen LogP contribution in [0.5, 0.6) is 0 Å². The number of halogens is 1. The zero-order valence-corrected chi connectivity index (χ0v) is 11.5. The molecule has 0 aliphatic carbocycles. The summed E-state index contributed by atoms with van der Waals surface area (Å²) in [5, 5.41) is 0. The van der Waals surface area contributed by atoms with Crippen molar-refractivity contribution in [2.75, 3.05) is 6.54 Å². The molecule has 1 atom stereocenters. The van der Waals surface area contributed by atoms with E-state index in [2.05, 4.69) is 19.9 Å². The molecule has 1 fully saturated rings. The summed E-state index contributed by atoms with van der Waals surface area (Å²) >= 11 is 0. The molecule has 1 aliphatic rings. The Morgan fingerprint density at radius 3 is 2.95 bits per heavy atom. The van der Waals surface area contributed by atoms with Crippen LogP contribution in [-0.2, 0) is 6.54 Å². The fourth-order valence-corrected chi connectivity index (χ4v) is 2.70. The highest BCUT2D eigenvalue weighted by Gasteiger charge is 2.27. The molecule has 0 unspecified atom stereocenters. The van der Waals surface area contributed by atoms with Gasteiger partial charge in [-0.3, -0.25) is 19.9 Å². The second kappa shape index (κ2) is 5.63. The number of hydrogen-bond acceptors (Lipinski definition) is 4. The van der Waals surface area contributed by atoms with Gasteiger partial charge < -0.3 is 0 Å². The summed E-state index contributed by atoms with van der Waals surface area (Å²) in [5.74, 6) is -0.295. The molecule has 0 saturated carbocycles. The van der Waals surface area contributed by atoms with Gasteiger partial charge in [-0.2, -0.15) is 0 Å². The van der Waals surface area contributed by atoms with Crippen molar-refractivity contribution in [3.63, 3.8) is 0 Å². The summed E-state index contributed by atoms with van der Waals surface area (Å²) in [7, 11) is 0. The number of hydrogen-bond donors (Lipinski definition) is 0. The Hall–Kier alpha value is -1.88. The number of aromatic nitrogens is 3. The van der Waals surface area contributed by atoms with E-state index in [1.54, 1.807) is 12.3 Å². The van der Waals surface area contributed by atoms with E-state index in [9.17, 15) is 4.39 Å². The Balaban J connectivity index is 1.77. The first-order valence-electron chi connectivity index (χ1n) is 6.85. The van der Waals surface area contributed by atoms with Crippen molar-refractivity contribution >= 4 is 0 Å². The molecule has 0 bridgehead atoms. The van der Waals surface area contributed by atoms with E-state index >= 15 is 0 Å². The van der Waals surface area contributed by atoms with Crippen LogP contribution in [0, 0.1) is 12.7 Å². The summed E-state index contributed by atoms with van der Waals surface area (Å²) in [6, 6.07) is 3.49. The molecule has 1 saturated heterocycles. The number of likely N-dealkylation sites (tertiary alicyclic amines) is 1. The van der Waals surface area contributed by atoms with E-state index in [1.807, 2.05) is 13.1 Å². The van der Waals surface area contributed by atoms with Crippen LogP contribution in [0.2, 0.25) is 0 Å². The van der Waals surface area contributed by atoms with Gasteiger partial charge >= 0.3 is 0 Å². The van der Waals surface area contributed by atoms with Gasteiger partial charge in [0.2, 0.25) is 0 Å². The Morgan fingerprint density at radius 1 is 1.30 bits per heavy atom. The summed E-state index contributed by atoms with van der Waals surface area (Å²) in [4.78, 5) is 15.3. The summed E-state index contributed by atoms with van der Waals surface area (Å²) in [6.45, 7) is 3.69. The fraction of sp³-hybridized carbons (Fsp3) is 0.400. The minimum absolute atomic E-state index is 0.286. The van der Waals surface area contributed by atoms with E-state index < -0.39 is 0 Å². The minimum atomic E-state index is -0.295. The fourth-order valence-electron chi connectivity index (χ4n) is 2.70. The molecule has 0 amide bonds. The van der Waals surface area contributed by atoms with Crippen LogP contribution < -0.4 is 0 Å². The zero-order valence-electron chi connectivity index (χ0n) is 11.5. The Labute approximate surface area is 117 Å². The van der Waals surface area contributed by atoms with Gasteiger partial charge in [-0.25, -0.2) is 4.39 Å². The predicted octanol–water partition coefficient (Wildman–Crippen LogP) is 2.66. The van der Waals surface area contributed by atoms with Crippen LogP contribution in [0.3, 0.4) is 0 Å². The SMILES string of the molecule is Cc1cncc([C@@H]2CCCN2Cc2ccc(F)cn2)n1. The summed E-state index contributed by atoms with van der Waals surface area (Å²) in [6.07, 6.45) is 7.10. The average Bonchev–Trinajstić information content (AvgIpc) is 2.89. The number of nitrogens with zero attached hydrogens (tertiary/aromatic N) is 4. The quantitative estimate of drug-likeness (QED) is 0.861. The lowest BCUT2D eigenvalue weighted by Gasteiger charge is -2.23. The third-order valence-corrected chi connectivity index (χ3v) is 3.63. The van der Waals surface area contributed by atoms with E-state index in [0.717, 1.165) is 43.0 Å². The molecule has 3 rings (SSSR count). The maximum absolute atomic E-state index is 12.9. The first-order valence-corrected chi connectivity index (χ1v) is 6.85. The van der Waals surface area contributed by atoms with Crippen molar-refractivity contribution in [2.45, 2.75) is 32.4 Å². The minimum Gasteiger partial charge on any atom is -0.289 e. The van der Waals surface area contributed by atoms with E-state index in [0.29, 0.717) is 0 Å². The topological polar surface area (TPSA) is 41.9 Å². The molecule has 5 heteroatoms. The van der Waals surface area contributed by atoms with Crippen LogP contribution in [-0.4, -0.2) is 26.4 Å². The second-order valence-electron chi connectivity index (χ2n) is 5.18. The summed E-state index contributed by atoms with van der Waals surface area (Å²) < 4.78 is 12.9. The zero-order chi connectivity index (χ0) is 13.9. The average molecular weight is 272 g/mol. The third-order valence-electron chi connectivity index (χ3n) is 3.63. The Kier molecular flexibility index (Phi) is 3.69. The molecule has 20 heavy (non-hydrogen) atoms. The van der Waals surface area contributed by atoms with Gasteiger partial charge in [-0.15, -0.1) is 0 Å². The molecule has 3 heterocycles. The highest BCUT2D eigenvalue weighted by molar-refractivity contribution is 5.11. The molecule has 2 aromatic heterocycles. The first kappa shape index (κ1) is 13.1. The van der Waals surface area contributed by atoms with Crippen LogP contribution >= 0.6 is 0 Å². The van der Waals surface area contributed by atoms with E-state index in [1.165, 1.54) is 12.3 Å². The first-order chi connectivity index (χ1) is 9.72. The number of rotatable bonds is 3. The van der Waals surface area contributed by atoms with E-state index in [4.69, 9.17) is 0 Å². The van der Waals surface area contributed by atoms with Gasteiger partial charge in [0.1, 0.15) is 5.82 Å². The van der Waals surface area contributed by atoms with Crippen LogP contribution in [0.1, 0.15) is 36.0 Å². The molecule has 0 spiro atoms. The van der Waals surface area contributed by atoms with Gasteiger partial charge in [-0.1, -0.05) is 0 Å². The molecule has 0 aromatic carbocycles. The molecule has 1 aliphatic heterocycles. The molecule has 0 N–H and O–H groups in total.